The molecule has 2 aliphatic carbocycles. The van der Waals surface area contributed by atoms with Crippen LogP contribution in [0.3, 0.4) is 0 Å². The van der Waals surface area contributed by atoms with Crippen LogP contribution in [0.15, 0.2) is 121 Å². The molecule has 6 rings (SSSR count). The molecule has 2 bridgehead atoms. The highest BCUT2D eigenvalue weighted by molar-refractivity contribution is 5.89. The summed E-state index contributed by atoms with van der Waals surface area (Å²) in [7, 11) is 0. The predicted octanol–water partition coefficient (Wildman–Crippen LogP) is 8.18. The quantitative estimate of drug-likeness (QED) is 0.159. The molecule has 0 unspecified atom stereocenters. The molecule has 0 radical (unpaired) electrons. The zero-order valence-corrected chi connectivity index (χ0v) is 27.6. The molecule has 0 aliphatic heterocycles. The fourth-order valence-corrected chi connectivity index (χ4v) is 8.74. The van der Waals surface area contributed by atoms with E-state index in [9.17, 15) is 15.0 Å². The summed E-state index contributed by atoms with van der Waals surface area (Å²) < 4.78 is 0. The number of aliphatic hydroxyl groups is 2. The fourth-order valence-electron chi connectivity index (χ4n) is 8.74. The number of benzene rings is 4. The van der Waals surface area contributed by atoms with E-state index < -0.39 is 17.1 Å². The molecule has 240 valence electrons. The topological polar surface area (TPSA) is 60.8 Å². The summed E-state index contributed by atoms with van der Waals surface area (Å²) in [6, 6.07) is 41.4. The van der Waals surface area contributed by atoms with Crippen molar-refractivity contribution in [3.8, 4) is 0 Å². The van der Waals surface area contributed by atoms with E-state index in [2.05, 4.69) is 123 Å². The number of fused-ring (bicyclic) bond motifs is 2. The monoisotopic (exact) mass is 615 g/mol. The van der Waals surface area contributed by atoms with Crippen molar-refractivity contribution in [2.24, 2.45) is 16.7 Å². The van der Waals surface area contributed by atoms with Crippen LogP contribution < -0.4 is 0 Å². The Morgan fingerprint density at radius 2 is 1.22 bits per heavy atom. The van der Waals surface area contributed by atoms with Gasteiger partial charge in [0, 0.05) is 36.9 Å². The first-order valence-corrected chi connectivity index (χ1v) is 17.0. The first-order valence-electron chi connectivity index (χ1n) is 17.0. The van der Waals surface area contributed by atoms with Gasteiger partial charge in [-0.15, -0.1) is 0 Å². The van der Waals surface area contributed by atoms with Gasteiger partial charge in [0.2, 0.25) is 0 Å². The normalized spacial score (nSPS) is 24.7. The van der Waals surface area contributed by atoms with Crippen molar-refractivity contribution in [2.45, 2.75) is 89.6 Å². The van der Waals surface area contributed by atoms with Crippen molar-refractivity contribution >= 4 is 5.78 Å². The van der Waals surface area contributed by atoms with Gasteiger partial charge in [-0.25, -0.2) is 0 Å². The van der Waals surface area contributed by atoms with Crippen LogP contribution in [-0.2, 0) is 17.9 Å². The number of hydrogen-bond donors (Lipinski definition) is 2. The average Bonchev–Trinajstić information content (AvgIpc) is 3.39. The highest BCUT2D eigenvalue weighted by atomic mass is 16.3. The summed E-state index contributed by atoms with van der Waals surface area (Å²) in [5, 5.41) is 24.5. The molecule has 0 heterocycles. The Hall–Kier alpha value is -3.57. The van der Waals surface area contributed by atoms with Crippen LogP contribution >= 0.6 is 0 Å². The smallest absolute Gasteiger partial charge is 0.167 e. The fraction of sp³-hybridized carbons (Fsp3) is 0.405. The second-order valence-electron chi connectivity index (χ2n) is 14.6. The SMILES string of the molecule is CC1(C)[C@@H]2CC[C@@]1(C)[C@@](O)(C(=O)C[C@@H](O)[C@H](CC(c1ccccc1)c1ccccc1)N(Cc1ccccc1)Cc1ccccc1)C2. The Labute approximate surface area is 275 Å². The molecule has 2 N–H and O–H groups in total. The summed E-state index contributed by atoms with van der Waals surface area (Å²) in [4.78, 5) is 16.6. The molecule has 0 aromatic heterocycles. The maximum Gasteiger partial charge on any atom is 0.167 e. The summed E-state index contributed by atoms with van der Waals surface area (Å²) in [6.45, 7) is 7.76. The zero-order chi connectivity index (χ0) is 32.4. The predicted molar refractivity (Wildman–Crippen MR) is 185 cm³/mol. The number of rotatable bonds is 13. The van der Waals surface area contributed by atoms with E-state index in [-0.39, 0.29) is 29.6 Å². The molecule has 4 nitrogen and oxygen atoms in total. The van der Waals surface area contributed by atoms with Crippen molar-refractivity contribution in [3.05, 3.63) is 144 Å². The van der Waals surface area contributed by atoms with Crippen LogP contribution in [0.5, 0.6) is 0 Å². The number of ketones is 1. The van der Waals surface area contributed by atoms with Gasteiger partial charge in [0.05, 0.1) is 6.10 Å². The molecular weight excluding hydrogens is 566 g/mol. The highest BCUT2D eigenvalue weighted by Crippen LogP contribution is 2.70. The van der Waals surface area contributed by atoms with E-state index >= 15 is 0 Å². The van der Waals surface area contributed by atoms with Crippen LogP contribution in [0, 0.1) is 16.7 Å². The van der Waals surface area contributed by atoms with Gasteiger partial charge in [0.25, 0.3) is 0 Å². The Balaban J connectivity index is 1.38. The summed E-state index contributed by atoms with van der Waals surface area (Å²) >= 11 is 0. The molecule has 4 heteroatoms. The van der Waals surface area contributed by atoms with Gasteiger partial charge in [-0.05, 0) is 59.3 Å². The van der Waals surface area contributed by atoms with E-state index in [1.165, 1.54) is 11.1 Å². The van der Waals surface area contributed by atoms with Gasteiger partial charge in [-0.1, -0.05) is 142 Å². The molecule has 4 aromatic carbocycles. The van der Waals surface area contributed by atoms with Crippen molar-refractivity contribution in [2.75, 3.05) is 0 Å². The van der Waals surface area contributed by atoms with E-state index in [1.54, 1.807) is 0 Å². The molecule has 2 fully saturated rings. The van der Waals surface area contributed by atoms with Gasteiger partial charge in [-0.3, -0.25) is 9.69 Å². The molecule has 4 aromatic rings. The minimum Gasteiger partial charge on any atom is -0.391 e. The molecule has 2 aliphatic rings. The van der Waals surface area contributed by atoms with Gasteiger partial charge < -0.3 is 10.2 Å². The number of aliphatic hydroxyl groups excluding tert-OH is 1. The van der Waals surface area contributed by atoms with Gasteiger partial charge in [0.1, 0.15) is 5.60 Å². The van der Waals surface area contributed by atoms with E-state index in [0.29, 0.717) is 31.8 Å². The number of carbonyl (C=O) groups is 1. The Morgan fingerprint density at radius 1 is 0.761 bits per heavy atom. The zero-order valence-electron chi connectivity index (χ0n) is 27.6. The van der Waals surface area contributed by atoms with Crippen molar-refractivity contribution in [1.82, 2.24) is 4.90 Å². The summed E-state index contributed by atoms with van der Waals surface area (Å²) in [6.07, 6.45) is 1.94. The molecule has 0 amide bonds. The first-order chi connectivity index (χ1) is 22.1. The largest absolute Gasteiger partial charge is 0.391 e. The van der Waals surface area contributed by atoms with Gasteiger partial charge >= 0.3 is 0 Å². The summed E-state index contributed by atoms with van der Waals surface area (Å²) in [5.74, 6) is 0.110. The number of Topliss-reactive ketones (excluding diaryl/α,β-unsaturated/α-hetero) is 1. The molecule has 0 spiro atoms. The molecule has 5 atom stereocenters. The highest BCUT2D eigenvalue weighted by Gasteiger charge is 2.70. The van der Waals surface area contributed by atoms with Crippen LogP contribution in [0.25, 0.3) is 0 Å². The Kier molecular flexibility index (Phi) is 9.34. The second-order valence-corrected chi connectivity index (χ2v) is 14.6. The third-order valence-electron chi connectivity index (χ3n) is 12.0. The molecule has 46 heavy (non-hydrogen) atoms. The summed E-state index contributed by atoms with van der Waals surface area (Å²) in [5.41, 5.74) is 2.61. The number of nitrogens with zero attached hydrogens (tertiary/aromatic N) is 1. The maximum absolute atomic E-state index is 14.3. The van der Waals surface area contributed by atoms with Crippen molar-refractivity contribution < 1.29 is 15.0 Å². The lowest BCUT2D eigenvalue weighted by Crippen LogP contribution is -2.55. The van der Waals surface area contributed by atoms with Crippen LogP contribution in [0.4, 0.5) is 0 Å². The minimum atomic E-state index is -1.42. The molecular formula is C42H49NO3. The van der Waals surface area contributed by atoms with E-state index in [1.807, 2.05) is 24.3 Å². The van der Waals surface area contributed by atoms with Crippen LogP contribution in [0.1, 0.15) is 81.0 Å². The van der Waals surface area contributed by atoms with E-state index in [0.717, 1.165) is 24.0 Å². The van der Waals surface area contributed by atoms with Crippen LogP contribution in [-0.4, -0.2) is 38.6 Å². The molecule has 2 saturated carbocycles. The second kappa shape index (κ2) is 13.3. The van der Waals surface area contributed by atoms with Gasteiger partial charge in [-0.2, -0.15) is 0 Å². The molecule has 0 saturated heterocycles. The van der Waals surface area contributed by atoms with Gasteiger partial charge in [0.15, 0.2) is 5.78 Å². The standard InChI is InChI=1S/C42H49NO3/c1-40(2)35-24-25-41(40,3)42(46,28-35)39(45)27-38(44)37(26-36(33-20-12-6-13-21-33)34-22-14-7-15-23-34)43(29-31-16-8-4-9-17-31)30-32-18-10-5-11-19-32/h4-23,35-38,44,46H,24-30H2,1-3H3/t35-,37+,38-,41-,42+/m1/s1. The third-order valence-corrected chi connectivity index (χ3v) is 12.0. The maximum atomic E-state index is 14.3. The number of carbonyl (C=O) groups excluding carboxylic acids is 1. The Morgan fingerprint density at radius 3 is 1.63 bits per heavy atom. The van der Waals surface area contributed by atoms with E-state index in [4.69, 9.17) is 0 Å². The first kappa shape index (κ1) is 32.4. The lowest BCUT2D eigenvalue weighted by molar-refractivity contribution is -0.158. The lowest BCUT2D eigenvalue weighted by atomic mass is 9.62. The Bertz CT molecular complexity index is 1490. The number of hydrogen-bond acceptors (Lipinski definition) is 4. The van der Waals surface area contributed by atoms with Crippen molar-refractivity contribution in [3.63, 3.8) is 0 Å². The average molecular weight is 616 g/mol. The minimum absolute atomic E-state index is 0.00762. The lowest BCUT2D eigenvalue weighted by Gasteiger charge is -2.45. The van der Waals surface area contributed by atoms with Crippen LogP contribution in [0.2, 0.25) is 0 Å². The third kappa shape index (κ3) is 6.11. The van der Waals surface area contributed by atoms with Crippen molar-refractivity contribution in [1.29, 1.82) is 0 Å².